The van der Waals surface area contributed by atoms with Gasteiger partial charge < -0.3 is 24.5 Å². The topological polar surface area (TPSA) is 74.8 Å². The SMILES string of the molecule is COc1cc2cc(C(=O)N3CC(CCl)c4c3cc(O)c3ccccc43)[nH]c2cc1OC. The summed E-state index contributed by atoms with van der Waals surface area (Å²) in [6.45, 7) is 0.452. The van der Waals surface area contributed by atoms with E-state index in [4.69, 9.17) is 21.1 Å². The van der Waals surface area contributed by atoms with Gasteiger partial charge in [0, 0.05) is 46.8 Å². The highest BCUT2D eigenvalue weighted by atomic mass is 35.5. The van der Waals surface area contributed by atoms with E-state index in [0.717, 1.165) is 27.2 Å². The molecule has 0 fully saturated rings. The second-order valence-corrected chi connectivity index (χ2v) is 7.93. The van der Waals surface area contributed by atoms with Gasteiger partial charge >= 0.3 is 0 Å². The van der Waals surface area contributed by atoms with Crippen LogP contribution in [0, 0.1) is 0 Å². The fourth-order valence-electron chi connectivity index (χ4n) is 4.46. The van der Waals surface area contributed by atoms with E-state index in [1.165, 1.54) is 0 Å². The van der Waals surface area contributed by atoms with Crippen LogP contribution in [0.2, 0.25) is 0 Å². The third-order valence-electron chi connectivity index (χ3n) is 5.93. The predicted octanol–water partition coefficient (Wildman–Crippen LogP) is 5.03. The van der Waals surface area contributed by atoms with Gasteiger partial charge in [-0.3, -0.25) is 4.79 Å². The van der Waals surface area contributed by atoms with Crippen molar-refractivity contribution >= 4 is 44.9 Å². The van der Waals surface area contributed by atoms with Crippen LogP contribution in [0.25, 0.3) is 21.7 Å². The largest absolute Gasteiger partial charge is 0.507 e. The van der Waals surface area contributed by atoms with Crippen molar-refractivity contribution in [1.82, 2.24) is 4.98 Å². The Morgan fingerprint density at radius 1 is 1.13 bits per heavy atom. The van der Waals surface area contributed by atoms with Crippen LogP contribution in [0.3, 0.4) is 0 Å². The lowest BCUT2D eigenvalue weighted by molar-refractivity contribution is 0.0984. The van der Waals surface area contributed by atoms with Gasteiger partial charge in [0.15, 0.2) is 11.5 Å². The molecule has 0 aliphatic carbocycles. The molecule has 3 aromatic carbocycles. The maximum absolute atomic E-state index is 13.5. The van der Waals surface area contributed by atoms with Gasteiger partial charge in [0.2, 0.25) is 0 Å². The molecule has 1 atom stereocenters. The van der Waals surface area contributed by atoms with E-state index in [0.29, 0.717) is 35.3 Å². The Labute approximate surface area is 183 Å². The van der Waals surface area contributed by atoms with Gasteiger partial charge in [-0.1, -0.05) is 24.3 Å². The fourth-order valence-corrected chi connectivity index (χ4v) is 4.72. The number of aromatic hydroxyl groups is 1. The number of hydrogen-bond acceptors (Lipinski definition) is 4. The monoisotopic (exact) mass is 436 g/mol. The van der Waals surface area contributed by atoms with E-state index >= 15 is 0 Å². The van der Waals surface area contributed by atoms with Crippen LogP contribution >= 0.6 is 11.6 Å². The zero-order valence-electron chi connectivity index (χ0n) is 17.1. The van der Waals surface area contributed by atoms with Crippen LogP contribution in [0.5, 0.6) is 17.2 Å². The van der Waals surface area contributed by atoms with Crippen molar-refractivity contribution < 1.29 is 19.4 Å². The van der Waals surface area contributed by atoms with Crippen LogP contribution in [-0.2, 0) is 0 Å². The molecule has 2 N–H and O–H groups in total. The van der Waals surface area contributed by atoms with Crippen LogP contribution in [0.15, 0.2) is 48.5 Å². The number of amides is 1. The Morgan fingerprint density at radius 3 is 2.55 bits per heavy atom. The highest BCUT2D eigenvalue weighted by Crippen LogP contribution is 2.45. The normalized spacial score (nSPS) is 15.5. The van der Waals surface area contributed by atoms with Crippen molar-refractivity contribution in [1.29, 1.82) is 0 Å². The van der Waals surface area contributed by atoms with Crippen molar-refractivity contribution in [2.24, 2.45) is 0 Å². The number of ether oxygens (including phenoxy) is 2. The smallest absolute Gasteiger partial charge is 0.274 e. The van der Waals surface area contributed by atoms with Crippen molar-refractivity contribution in [3.05, 3.63) is 59.8 Å². The number of phenolic OH excluding ortho intramolecular Hbond substituents is 1. The van der Waals surface area contributed by atoms with Gasteiger partial charge in [-0.15, -0.1) is 11.6 Å². The summed E-state index contributed by atoms with van der Waals surface area (Å²) in [5, 5.41) is 13.1. The molecule has 0 bridgehead atoms. The Bertz CT molecular complexity index is 1290. The van der Waals surface area contributed by atoms with Gasteiger partial charge in [0.1, 0.15) is 11.4 Å². The molecule has 0 radical (unpaired) electrons. The quantitative estimate of drug-likeness (QED) is 0.440. The minimum Gasteiger partial charge on any atom is -0.507 e. The third-order valence-corrected chi connectivity index (χ3v) is 6.30. The zero-order valence-corrected chi connectivity index (χ0v) is 17.9. The molecule has 1 unspecified atom stereocenters. The molecule has 6 nitrogen and oxygen atoms in total. The summed E-state index contributed by atoms with van der Waals surface area (Å²) in [7, 11) is 3.15. The number of benzene rings is 3. The van der Waals surface area contributed by atoms with E-state index in [-0.39, 0.29) is 17.6 Å². The van der Waals surface area contributed by atoms with E-state index < -0.39 is 0 Å². The van der Waals surface area contributed by atoms with Crippen LogP contribution in [0.4, 0.5) is 5.69 Å². The number of nitrogens with one attached hydrogen (secondary N) is 1. The molecule has 0 saturated carbocycles. The van der Waals surface area contributed by atoms with E-state index in [2.05, 4.69) is 4.98 Å². The van der Waals surface area contributed by atoms with Gasteiger partial charge in [-0.05, 0) is 23.1 Å². The summed E-state index contributed by atoms with van der Waals surface area (Å²) in [5.74, 6) is 1.51. The molecular formula is C24H21ClN2O4. The van der Waals surface area contributed by atoms with E-state index in [9.17, 15) is 9.90 Å². The van der Waals surface area contributed by atoms with Gasteiger partial charge in [0.05, 0.1) is 19.9 Å². The summed E-state index contributed by atoms with van der Waals surface area (Å²) >= 11 is 6.29. The maximum atomic E-state index is 13.5. The average molecular weight is 437 g/mol. The lowest BCUT2D eigenvalue weighted by atomic mass is 9.95. The molecule has 0 spiro atoms. The number of fused-ring (bicyclic) bond motifs is 4. The number of aromatic nitrogens is 1. The standard InChI is InChI=1S/C24H21ClN2O4/c1-30-21-8-13-7-18(26-17(13)9-22(21)31-2)24(29)27-12-14(11-25)23-16-6-4-3-5-15(16)20(28)10-19(23)27/h3-10,14,26,28H,11-12H2,1-2H3. The lowest BCUT2D eigenvalue weighted by Crippen LogP contribution is -2.30. The minimum atomic E-state index is -0.183. The van der Waals surface area contributed by atoms with Gasteiger partial charge in [-0.2, -0.15) is 0 Å². The molecule has 1 aromatic heterocycles. The van der Waals surface area contributed by atoms with Crippen molar-refractivity contribution in [2.75, 3.05) is 31.5 Å². The minimum absolute atomic E-state index is 0.0179. The summed E-state index contributed by atoms with van der Waals surface area (Å²) in [6, 6.07) is 14.8. The van der Waals surface area contributed by atoms with Gasteiger partial charge in [-0.25, -0.2) is 0 Å². The van der Waals surface area contributed by atoms with Crippen LogP contribution < -0.4 is 14.4 Å². The third kappa shape index (κ3) is 2.98. The molecule has 7 heteroatoms. The summed E-state index contributed by atoms with van der Waals surface area (Å²) < 4.78 is 10.7. The molecule has 2 heterocycles. The predicted molar refractivity (Wildman–Crippen MR) is 122 cm³/mol. The van der Waals surface area contributed by atoms with Crippen LogP contribution in [0.1, 0.15) is 22.0 Å². The summed E-state index contributed by atoms with van der Waals surface area (Å²) in [4.78, 5) is 18.4. The molecule has 1 aliphatic rings. The Morgan fingerprint density at radius 2 is 1.84 bits per heavy atom. The maximum Gasteiger partial charge on any atom is 0.274 e. The molecule has 4 aromatic rings. The number of nitrogens with zero attached hydrogens (tertiary/aromatic N) is 1. The second-order valence-electron chi connectivity index (χ2n) is 7.62. The number of halogens is 1. The molecule has 0 saturated heterocycles. The molecule has 158 valence electrons. The summed E-state index contributed by atoms with van der Waals surface area (Å²) in [5.41, 5.74) is 2.91. The van der Waals surface area contributed by atoms with E-state index in [1.54, 1.807) is 31.3 Å². The van der Waals surface area contributed by atoms with Crippen molar-refractivity contribution in [3.63, 3.8) is 0 Å². The van der Waals surface area contributed by atoms with E-state index in [1.807, 2.05) is 36.4 Å². The first-order valence-corrected chi connectivity index (χ1v) is 10.5. The average Bonchev–Trinajstić information content (AvgIpc) is 3.38. The number of carbonyl (C=O) groups is 1. The molecular weight excluding hydrogens is 416 g/mol. The lowest BCUT2D eigenvalue weighted by Gasteiger charge is -2.17. The van der Waals surface area contributed by atoms with Crippen LogP contribution in [-0.4, -0.2) is 42.6 Å². The number of hydrogen-bond donors (Lipinski definition) is 2. The molecule has 1 aliphatic heterocycles. The van der Waals surface area contributed by atoms with Gasteiger partial charge in [0.25, 0.3) is 5.91 Å². The highest BCUT2D eigenvalue weighted by Gasteiger charge is 2.35. The molecule has 31 heavy (non-hydrogen) atoms. The summed E-state index contributed by atoms with van der Waals surface area (Å²) in [6.07, 6.45) is 0. The zero-order chi connectivity index (χ0) is 21.7. The molecule has 1 amide bonds. The number of methoxy groups -OCH3 is 2. The molecule has 5 rings (SSSR count). The van der Waals surface area contributed by atoms with Crippen molar-refractivity contribution in [2.45, 2.75) is 5.92 Å². The second kappa shape index (κ2) is 7.39. The Balaban J connectivity index is 1.61. The highest BCUT2D eigenvalue weighted by molar-refractivity contribution is 6.19. The number of aromatic amines is 1. The number of phenols is 1. The number of alkyl halides is 1. The number of carbonyl (C=O) groups excluding carboxylic acids is 1. The number of H-pyrrole nitrogens is 1. The van der Waals surface area contributed by atoms with Crippen molar-refractivity contribution in [3.8, 4) is 17.2 Å². The Hall–Kier alpha value is -3.38. The Kier molecular flexibility index (Phi) is 4.67. The first kappa shape index (κ1) is 19.6. The number of rotatable bonds is 4. The first-order chi connectivity index (χ1) is 15.0. The first-order valence-electron chi connectivity index (χ1n) is 9.93. The fraction of sp³-hybridized carbons (Fsp3) is 0.208. The number of anilines is 1.